The van der Waals surface area contributed by atoms with Crippen molar-refractivity contribution in [1.82, 2.24) is 9.97 Å². The standard InChI is InChI=1S/C12H10ClN3OS/c1-7-4-8(2-3-9(7)13)17-11-6-15-10(5-16-11)12(14)18/h2-6H,1H3,(H2,14,18). The Kier molecular flexibility index (Phi) is 3.74. The second kappa shape index (κ2) is 5.29. The molecule has 92 valence electrons. The molecule has 0 aliphatic rings. The first-order chi connectivity index (χ1) is 8.56. The molecule has 0 aliphatic heterocycles. The fourth-order valence-electron chi connectivity index (χ4n) is 1.30. The first kappa shape index (κ1) is 12.7. The van der Waals surface area contributed by atoms with Crippen LogP contribution in [0.4, 0.5) is 0 Å². The minimum Gasteiger partial charge on any atom is -0.437 e. The van der Waals surface area contributed by atoms with Crippen LogP contribution < -0.4 is 10.5 Å². The van der Waals surface area contributed by atoms with Gasteiger partial charge in [0, 0.05) is 5.02 Å². The number of hydrogen-bond donors (Lipinski definition) is 1. The topological polar surface area (TPSA) is 61.0 Å². The minimum absolute atomic E-state index is 0.205. The number of thiocarbonyl (C=S) groups is 1. The number of benzene rings is 1. The maximum absolute atomic E-state index is 5.93. The first-order valence-electron chi connectivity index (χ1n) is 5.12. The predicted molar refractivity (Wildman–Crippen MR) is 74.2 cm³/mol. The van der Waals surface area contributed by atoms with E-state index in [1.807, 2.05) is 13.0 Å². The summed E-state index contributed by atoms with van der Waals surface area (Å²) in [6.07, 6.45) is 2.94. The molecule has 4 nitrogen and oxygen atoms in total. The van der Waals surface area contributed by atoms with Crippen LogP contribution in [0.5, 0.6) is 11.6 Å². The van der Waals surface area contributed by atoms with E-state index in [1.54, 1.807) is 12.1 Å². The first-order valence-corrected chi connectivity index (χ1v) is 5.91. The molecule has 0 bridgehead atoms. The molecule has 0 spiro atoms. The van der Waals surface area contributed by atoms with E-state index in [1.165, 1.54) is 12.4 Å². The largest absolute Gasteiger partial charge is 0.437 e. The highest BCUT2D eigenvalue weighted by atomic mass is 35.5. The summed E-state index contributed by atoms with van der Waals surface area (Å²) in [6, 6.07) is 5.35. The lowest BCUT2D eigenvalue weighted by atomic mass is 10.2. The van der Waals surface area contributed by atoms with Crippen molar-refractivity contribution in [1.29, 1.82) is 0 Å². The summed E-state index contributed by atoms with van der Waals surface area (Å²) >= 11 is 10.7. The smallest absolute Gasteiger partial charge is 0.237 e. The van der Waals surface area contributed by atoms with Crippen LogP contribution in [0.1, 0.15) is 11.3 Å². The number of halogens is 1. The lowest BCUT2D eigenvalue weighted by molar-refractivity contribution is 0.459. The monoisotopic (exact) mass is 279 g/mol. The van der Waals surface area contributed by atoms with Gasteiger partial charge in [0.25, 0.3) is 0 Å². The number of nitrogens with two attached hydrogens (primary N) is 1. The molecule has 0 radical (unpaired) electrons. The quantitative estimate of drug-likeness (QED) is 0.876. The van der Waals surface area contributed by atoms with Gasteiger partial charge in [-0.05, 0) is 30.7 Å². The molecule has 6 heteroatoms. The average molecular weight is 280 g/mol. The van der Waals surface area contributed by atoms with Gasteiger partial charge in [-0.15, -0.1) is 0 Å². The van der Waals surface area contributed by atoms with E-state index < -0.39 is 0 Å². The molecule has 1 aromatic carbocycles. The van der Waals surface area contributed by atoms with Crippen molar-refractivity contribution in [3.8, 4) is 11.6 Å². The van der Waals surface area contributed by atoms with Crippen LogP contribution in [0.15, 0.2) is 30.6 Å². The van der Waals surface area contributed by atoms with E-state index in [4.69, 9.17) is 34.3 Å². The van der Waals surface area contributed by atoms with Crippen molar-refractivity contribution in [3.05, 3.63) is 46.9 Å². The molecule has 0 atom stereocenters. The molecule has 0 unspecified atom stereocenters. The SMILES string of the molecule is Cc1cc(Oc2cnc(C(N)=S)cn2)ccc1Cl. The third-order valence-electron chi connectivity index (χ3n) is 2.23. The molecule has 0 saturated heterocycles. The van der Waals surface area contributed by atoms with E-state index in [-0.39, 0.29) is 4.99 Å². The van der Waals surface area contributed by atoms with Crippen LogP contribution in [0, 0.1) is 6.92 Å². The predicted octanol–water partition coefficient (Wildman–Crippen LogP) is 2.86. The maximum Gasteiger partial charge on any atom is 0.237 e. The molecule has 2 aromatic rings. The highest BCUT2D eigenvalue weighted by Crippen LogP contribution is 2.24. The van der Waals surface area contributed by atoms with Crippen molar-refractivity contribution in [2.24, 2.45) is 5.73 Å². The van der Waals surface area contributed by atoms with Gasteiger partial charge in [-0.25, -0.2) is 9.97 Å². The summed E-state index contributed by atoms with van der Waals surface area (Å²) in [5, 5.41) is 0.692. The highest BCUT2D eigenvalue weighted by Gasteiger charge is 2.03. The van der Waals surface area contributed by atoms with Crippen LogP contribution in [0.25, 0.3) is 0 Å². The third kappa shape index (κ3) is 2.94. The van der Waals surface area contributed by atoms with Crippen LogP contribution >= 0.6 is 23.8 Å². The van der Waals surface area contributed by atoms with Crippen LogP contribution in [-0.2, 0) is 0 Å². The van der Waals surface area contributed by atoms with Gasteiger partial charge < -0.3 is 10.5 Å². The fraction of sp³-hybridized carbons (Fsp3) is 0.0833. The van der Waals surface area contributed by atoms with Gasteiger partial charge >= 0.3 is 0 Å². The zero-order valence-corrected chi connectivity index (χ0v) is 11.1. The van der Waals surface area contributed by atoms with Gasteiger partial charge in [-0.2, -0.15) is 0 Å². The molecule has 0 saturated carbocycles. The van der Waals surface area contributed by atoms with Gasteiger partial charge in [-0.1, -0.05) is 23.8 Å². The Bertz CT molecular complexity index is 586. The van der Waals surface area contributed by atoms with Gasteiger partial charge in [0.05, 0.1) is 12.4 Å². The number of ether oxygens (including phenoxy) is 1. The zero-order chi connectivity index (χ0) is 13.1. The molecule has 0 fully saturated rings. The van der Waals surface area contributed by atoms with Crippen molar-refractivity contribution in [2.75, 3.05) is 0 Å². The highest BCUT2D eigenvalue weighted by molar-refractivity contribution is 7.80. The van der Waals surface area contributed by atoms with Crippen LogP contribution in [0.3, 0.4) is 0 Å². The van der Waals surface area contributed by atoms with E-state index in [2.05, 4.69) is 9.97 Å². The minimum atomic E-state index is 0.205. The molecule has 2 N–H and O–H groups in total. The summed E-state index contributed by atoms with van der Waals surface area (Å²) in [5.74, 6) is 1.02. The molecule has 2 rings (SSSR count). The molecule has 0 aliphatic carbocycles. The Morgan fingerprint density at radius 3 is 2.67 bits per heavy atom. The Balaban J connectivity index is 2.18. The van der Waals surface area contributed by atoms with Gasteiger partial charge in [-0.3, -0.25) is 0 Å². The molecular weight excluding hydrogens is 270 g/mol. The van der Waals surface area contributed by atoms with Gasteiger partial charge in [0.15, 0.2) is 0 Å². The Labute approximate surface area is 115 Å². The van der Waals surface area contributed by atoms with E-state index >= 15 is 0 Å². The Morgan fingerprint density at radius 1 is 1.33 bits per heavy atom. The lowest BCUT2D eigenvalue weighted by Gasteiger charge is -2.06. The number of aromatic nitrogens is 2. The number of nitrogens with zero attached hydrogens (tertiary/aromatic N) is 2. The fourth-order valence-corrected chi connectivity index (χ4v) is 1.52. The second-order valence-electron chi connectivity index (χ2n) is 3.62. The number of aryl methyl sites for hydroxylation is 1. The van der Waals surface area contributed by atoms with Crippen LogP contribution in [0.2, 0.25) is 5.02 Å². The summed E-state index contributed by atoms with van der Waals surface area (Å²) in [5.41, 5.74) is 6.82. The van der Waals surface area contributed by atoms with E-state index in [9.17, 15) is 0 Å². The zero-order valence-electron chi connectivity index (χ0n) is 9.55. The number of rotatable bonds is 3. The van der Waals surface area contributed by atoms with Crippen molar-refractivity contribution < 1.29 is 4.74 Å². The summed E-state index contributed by atoms with van der Waals surface area (Å²) in [7, 11) is 0. The van der Waals surface area contributed by atoms with Crippen molar-refractivity contribution in [2.45, 2.75) is 6.92 Å². The summed E-state index contributed by atoms with van der Waals surface area (Å²) in [6.45, 7) is 1.90. The molecular formula is C12H10ClN3OS. The van der Waals surface area contributed by atoms with Gasteiger partial charge in [0.2, 0.25) is 5.88 Å². The molecule has 1 aromatic heterocycles. The molecule has 18 heavy (non-hydrogen) atoms. The van der Waals surface area contributed by atoms with E-state index in [0.29, 0.717) is 22.3 Å². The van der Waals surface area contributed by atoms with E-state index in [0.717, 1.165) is 5.56 Å². The lowest BCUT2D eigenvalue weighted by Crippen LogP contribution is -2.11. The Morgan fingerprint density at radius 2 is 2.11 bits per heavy atom. The molecule has 0 amide bonds. The van der Waals surface area contributed by atoms with Gasteiger partial charge in [0.1, 0.15) is 16.4 Å². The normalized spacial score (nSPS) is 10.1. The van der Waals surface area contributed by atoms with Crippen molar-refractivity contribution in [3.63, 3.8) is 0 Å². The van der Waals surface area contributed by atoms with Crippen LogP contribution in [-0.4, -0.2) is 15.0 Å². The molecule has 1 heterocycles. The summed E-state index contributed by atoms with van der Waals surface area (Å²) < 4.78 is 5.53. The average Bonchev–Trinajstić information content (AvgIpc) is 2.34. The third-order valence-corrected chi connectivity index (χ3v) is 2.87. The van der Waals surface area contributed by atoms with Crippen molar-refractivity contribution >= 4 is 28.8 Å². The number of hydrogen-bond acceptors (Lipinski definition) is 4. The second-order valence-corrected chi connectivity index (χ2v) is 4.46. The Hall–Kier alpha value is -1.72. The summed E-state index contributed by atoms with van der Waals surface area (Å²) in [4.78, 5) is 8.30. The maximum atomic E-state index is 5.93.